The standard InChI is InChI=1S/C15H15N5O2/c1-22-10-2-3-11-12(4-5-17-13(11)8-10)19-15(21)20-14-9-16-6-7-18-14/h2-9,15,21H,1H3,(H,17,19)(H,18,20). The zero-order chi connectivity index (χ0) is 15.4. The van der Waals surface area contributed by atoms with E-state index in [0.29, 0.717) is 5.82 Å². The minimum atomic E-state index is -1.01. The number of nitrogens with one attached hydrogen (secondary N) is 2. The zero-order valence-electron chi connectivity index (χ0n) is 11.9. The van der Waals surface area contributed by atoms with Crippen LogP contribution in [0.1, 0.15) is 0 Å². The summed E-state index contributed by atoms with van der Waals surface area (Å²) >= 11 is 0. The van der Waals surface area contributed by atoms with E-state index >= 15 is 0 Å². The molecule has 2 heterocycles. The number of anilines is 2. The van der Waals surface area contributed by atoms with E-state index < -0.39 is 6.35 Å². The van der Waals surface area contributed by atoms with Crippen LogP contribution in [0.25, 0.3) is 10.9 Å². The summed E-state index contributed by atoms with van der Waals surface area (Å²) in [6, 6.07) is 7.36. The van der Waals surface area contributed by atoms with Gasteiger partial charge in [0.2, 0.25) is 6.35 Å². The van der Waals surface area contributed by atoms with Crippen molar-refractivity contribution < 1.29 is 9.84 Å². The Bertz CT molecular complexity index is 766. The smallest absolute Gasteiger partial charge is 0.204 e. The van der Waals surface area contributed by atoms with E-state index in [1.54, 1.807) is 31.8 Å². The SMILES string of the molecule is COc1ccc2c(NC(O)Nc3cnccn3)ccnc2c1. The second kappa shape index (κ2) is 6.23. The van der Waals surface area contributed by atoms with Gasteiger partial charge >= 0.3 is 0 Å². The van der Waals surface area contributed by atoms with Gasteiger partial charge in [-0.2, -0.15) is 0 Å². The molecular weight excluding hydrogens is 282 g/mol. The van der Waals surface area contributed by atoms with Crippen molar-refractivity contribution in [2.24, 2.45) is 0 Å². The summed E-state index contributed by atoms with van der Waals surface area (Å²) < 4.78 is 5.18. The Morgan fingerprint density at radius 3 is 2.77 bits per heavy atom. The summed E-state index contributed by atoms with van der Waals surface area (Å²) in [7, 11) is 1.61. The van der Waals surface area contributed by atoms with E-state index in [-0.39, 0.29) is 0 Å². The molecule has 0 amide bonds. The fourth-order valence-electron chi connectivity index (χ4n) is 2.08. The summed E-state index contributed by atoms with van der Waals surface area (Å²) in [5.41, 5.74) is 1.52. The van der Waals surface area contributed by atoms with Crippen molar-refractivity contribution in [1.29, 1.82) is 0 Å². The van der Waals surface area contributed by atoms with E-state index in [0.717, 1.165) is 22.3 Å². The molecule has 0 saturated heterocycles. The molecule has 0 fully saturated rings. The van der Waals surface area contributed by atoms with Crippen molar-refractivity contribution in [3.8, 4) is 5.75 Å². The van der Waals surface area contributed by atoms with Gasteiger partial charge in [-0.3, -0.25) is 9.97 Å². The van der Waals surface area contributed by atoms with Crippen LogP contribution in [-0.2, 0) is 0 Å². The molecule has 0 radical (unpaired) electrons. The Kier molecular flexibility index (Phi) is 3.97. The molecule has 3 aromatic rings. The third kappa shape index (κ3) is 3.04. The molecule has 2 aromatic heterocycles. The summed E-state index contributed by atoms with van der Waals surface area (Å²) in [5, 5.41) is 16.7. The lowest BCUT2D eigenvalue weighted by molar-refractivity contribution is 0.232. The van der Waals surface area contributed by atoms with Crippen LogP contribution in [0.3, 0.4) is 0 Å². The Morgan fingerprint density at radius 1 is 1.09 bits per heavy atom. The van der Waals surface area contributed by atoms with E-state index in [9.17, 15) is 5.11 Å². The molecule has 1 aromatic carbocycles. The van der Waals surface area contributed by atoms with E-state index in [1.807, 2.05) is 18.2 Å². The molecule has 0 bridgehead atoms. The molecule has 3 rings (SSSR count). The Labute approximate surface area is 127 Å². The summed E-state index contributed by atoms with van der Waals surface area (Å²) in [6.45, 7) is 0. The zero-order valence-corrected chi connectivity index (χ0v) is 11.9. The van der Waals surface area contributed by atoms with Gasteiger partial charge in [0.05, 0.1) is 18.8 Å². The fraction of sp³-hybridized carbons (Fsp3) is 0.133. The Balaban J connectivity index is 1.81. The number of hydrogen-bond acceptors (Lipinski definition) is 7. The van der Waals surface area contributed by atoms with Gasteiger partial charge in [0, 0.05) is 35.7 Å². The first-order valence-electron chi connectivity index (χ1n) is 6.66. The molecule has 0 saturated carbocycles. The number of aliphatic hydroxyl groups excluding tert-OH is 1. The number of ether oxygens (including phenoxy) is 1. The van der Waals surface area contributed by atoms with Crippen molar-refractivity contribution in [2.75, 3.05) is 17.7 Å². The maximum absolute atomic E-state index is 10.1. The topological polar surface area (TPSA) is 92.2 Å². The number of pyridine rings is 1. The van der Waals surface area contributed by atoms with E-state index in [2.05, 4.69) is 25.6 Å². The number of methoxy groups -OCH3 is 1. The molecule has 7 heteroatoms. The first-order valence-corrected chi connectivity index (χ1v) is 6.66. The molecule has 22 heavy (non-hydrogen) atoms. The van der Waals surface area contributed by atoms with Crippen LogP contribution >= 0.6 is 0 Å². The number of hydrogen-bond donors (Lipinski definition) is 3. The third-order valence-electron chi connectivity index (χ3n) is 3.09. The normalized spacial score (nSPS) is 11.9. The van der Waals surface area contributed by atoms with Crippen LogP contribution in [0.5, 0.6) is 5.75 Å². The lowest BCUT2D eigenvalue weighted by Gasteiger charge is -2.17. The minimum Gasteiger partial charge on any atom is -0.497 e. The number of fused-ring (bicyclic) bond motifs is 1. The van der Waals surface area contributed by atoms with Gasteiger partial charge in [0.1, 0.15) is 11.6 Å². The summed E-state index contributed by atoms with van der Waals surface area (Å²) in [4.78, 5) is 12.3. The van der Waals surface area contributed by atoms with Crippen molar-refractivity contribution in [2.45, 2.75) is 6.35 Å². The highest BCUT2D eigenvalue weighted by Crippen LogP contribution is 2.25. The first-order chi connectivity index (χ1) is 10.8. The van der Waals surface area contributed by atoms with Gasteiger partial charge < -0.3 is 20.5 Å². The highest BCUT2D eigenvalue weighted by Gasteiger charge is 2.08. The highest BCUT2D eigenvalue weighted by molar-refractivity contribution is 5.91. The van der Waals surface area contributed by atoms with Gasteiger partial charge in [0.25, 0.3) is 0 Å². The quantitative estimate of drug-likeness (QED) is 0.619. The fourth-order valence-corrected chi connectivity index (χ4v) is 2.08. The van der Waals surface area contributed by atoms with Crippen LogP contribution in [0, 0.1) is 0 Å². The second-order valence-electron chi connectivity index (χ2n) is 4.52. The molecule has 0 aliphatic carbocycles. The van der Waals surface area contributed by atoms with Gasteiger partial charge in [-0.05, 0) is 18.2 Å². The van der Waals surface area contributed by atoms with Crippen LogP contribution < -0.4 is 15.4 Å². The van der Waals surface area contributed by atoms with Crippen LogP contribution in [0.4, 0.5) is 11.5 Å². The Morgan fingerprint density at radius 2 is 2.00 bits per heavy atom. The average molecular weight is 297 g/mol. The molecule has 7 nitrogen and oxygen atoms in total. The average Bonchev–Trinajstić information content (AvgIpc) is 2.55. The van der Waals surface area contributed by atoms with E-state index in [1.165, 1.54) is 6.20 Å². The number of benzene rings is 1. The minimum absolute atomic E-state index is 0.475. The molecule has 1 atom stereocenters. The van der Waals surface area contributed by atoms with Gasteiger partial charge in [-0.25, -0.2) is 4.98 Å². The number of rotatable bonds is 5. The maximum Gasteiger partial charge on any atom is 0.204 e. The second-order valence-corrected chi connectivity index (χ2v) is 4.52. The highest BCUT2D eigenvalue weighted by atomic mass is 16.5. The predicted molar refractivity (Wildman–Crippen MR) is 83.6 cm³/mol. The van der Waals surface area contributed by atoms with Gasteiger partial charge in [-0.1, -0.05) is 0 Å². The monoisotopic (exact) mass is 297 g/mol. The lowest BCUT2D eigenvalue weighted by Crippen LogP contribution is -2.28. The predicted octanol–water partition coefficient (Wildman–Crippen LogP) is 1.83. The lowest BCUT2D eigenvalue weighted by atomic mass is 10.2. The van der Waals surface area contributed by atoms with Crippen LogP contribution in [-0.4, -0.2) is 33.5 Å². The molecule has 112 valence electrons. The number of aliphatic hydroxyl groups is 1. The van der Waals surface area contributed by atoms with E-state index in [4.69, 9.17) is 4.74 Å². The molecule has 0 aliphatic heterocycles. The van der Waals surface area contributed by atoms with Crippen molar-refractivity contribution >= 4 is 22.4 Å². The maximum atomic E-state index is 10.1. The number of aromatic nitrogens is 3. The summed E-state index contributed by atoms with van der Waals surface area (Å²) in [5.74, 6) is 1.21. The Hall–Kier alpha value is -2.93. The number of nitrogens with zero attached hydrogens (tertiary/aromatic N) is 3. The third-order valence-corrected chi connectivity index (χ3v) is 3.09. The molecular formula is C15H15N5O2. The van der Waals surface area contributed by atoms with Crippen molar-refractivity contribution in [3.05, 3.63) is 49.1 Å². The van der Waals surface area contributed by atoms with Crippen LogP contribution in [0.2, 0.25) is 0 Å². The molecule has 0 spiro atoms. The van der Waals surface area contributed by atoms with Crippen LogP contribution in [0.15, 0.2) is 49.1 Å². The first kappa shape index (κ1) is 14.0. The van der Waals surface area contributed by atoms with Gasteiger partial charge in [-0.15, -0.1) is 0 Å². The molecule has 0 aliphatic rings. The summed E-state index contributed by atoms with van der Waals surface area (Å²) in [6.07, 6.45) is 5.29. The van der Waals surface area contributed by atoms with Crippen molar-refractivity contribution in [3.63, 3.8) is 0 Å². The van der Waals surface area contributed by atoms with Crippen molar-refractivity contribution in [1.82, 2.24) is 15.0 Å². The molecule has 1 unspecified atom stereocenters. The van der Waals surface area contributed by atoms with Gasteiger partial charge in [0.15, 0.2) is 0 Å². The molecule has 3 N–H and O–H groups in total. The largest absolute Gasteiger partial charge is 0.497 e.